The number of allylic oxidation sites excluding steroid dienone is 4. The van der Waals surface area contributed by atoms with E-state index < -0.39 is 0 Å². The van der Waals surface area contributed by atoms with Crippen LogP contribution in [0.2, 0.25) is 0 Å². The number of nitrogens with two attached hydrogens (primary N) is 1. The standard InChI is InChI=1S/C15H17NP/c1-10(2)17-14-9-4-3-6-11(14)12-7-5-8-13(16)15(12)17/h3-10,12H,16H2,1-2H3/q+1. The van der Waals surface area contributed by atoms with Crippen LogP contribution in [0.15, 0.2) is 48.2 Å². The molecule has 1 heterocycles. The minimum Gasteiger partial charge on any atom is -0.395 e. The van der Waals surface area contributed by atoms with E-state index in [1.165, 1.54) is 16.2 Å². The van der Waals surface area contributed by atoms with Gasteiger partial charge in [-0.25, -0.2) is 0 Å². The summed E-state index contributed by atoms with van der Waals surface area (Å²) < 4.78 is 0. The molecule has 0 radical (unpaired) electrons. The third kappa shape index (κ3) is 1.50. The van der Waals surface area contributed by atoms with Crippen molar-refractivity contribution in [2.75, 3.05) is 0 Å². The van der Waals surface area contributed by atoms with Crippen molar-refractivity contribution in [3.05, 3.63) is 53.8 Å². The van der Waals surface area contributed by atoms with Gasteiger partial charge in [-0.05, 0) is 26.0 Å². The fourth-order valence-corrected chi connectivity index (χ4v) is 5.81. The first kappa shape index (κ1) is 10.8. The molecule has 1 nitrogen and oxygen atoms in total. The average molecular weight is 242 g/mol. The molecular formula is C15H17NP+. The lowest BCUT2D eigenvalue weighted by Gasteiger charge is -2.11. The van der Waals surface area contributed by atoms with Crippen molar-refractivity contribution >= 4 is 18.1 Å². The summed E-state index contributed by atoms with van der Waals surface area (Å²) >= 11 is 0. The zero-order valence-electron chi connectivity index (χ0n) is 10.2. The van der Waals surface area contributed by atoms with Crippen molar-refractivity contribution in [1.29, 1.82) is 0 Å². The van der Waals surface area contributed by atoms with Crippen molar-refractivity contribution in [1.82, 2.24) is 0 Å². The zero-order chi connectivity index (χ0) is 12.0. The van der Waals surface area contributed by atoms with Gasteiger partial charge in [0.05, 0.1) is 11.6 Å². The SMILES string of the molecule is CC(C)[P+]1=C2C(N)=CC=CC2c2ccccc21. The van der Waals surface area contributed by atoms with Crippen LogP contribution in [0.25, 0.3) is 0 Å². The van der Waals surface area contributed by atoms with E-state index in [4.69, 9.17) is 5.73 Å². The Morgan fingerprint density at radius 2 is 2.00 bits per heavy atom. The van der Waals surface area contributed by atoms with Gasteiger partial charge in [-0.15, -0.1) is 0 Å². The van der Waals surface area contributed by atoms with Gasteiger partial charge in [-0.2, -0.15) is 0 Å². The highest BCUT2D eigenvalue weighted by atomic mass is 31.1. The lowest BCUT2D eigenvalue weighted by molar-refractivity contribution is 1.11. The van der Waals surface area contributed by atoms with Crippen molar-refractivity contribution in [2.24, 2.45) is 5.73 Å². The Balaban J connectivity index is 2.29. The smallest absolute Gasteiger partial charge is 0.160 e. The highest BCUT2D eigenvalue weighted by Gasteiger charge is 2.42. The van der Waals surface area contributed by atoms with Crippen molar-refractivity contribution in [3.8, 4) is 0 Å². The van der Waals surface area contributed by atoms with E-state index in [1.807, 2.05) is 0 Å². The molecule has 2 N–H and O–H groups in total. The van der Waals surface area contributed by atoms with Gasteiger partial charge in [0.15, 0.2) is 10.6 Å². The van der Waals surface area contributed by atoms with Gasteiger partial charge in [0.2, 0.25) is 0 Å². The summed E-state index contributed by atoms with van der Waals surface area (Å²) in [6.45, 7) is 4.62. The second-order valence-corrected chi connectivity index (χ2v) is 7.63. The number of fused-ring (bicyclic) bond motifs is 3. The molecule has 86 valence electrons. The van der Waals surface area contributed by atoms with Gasteiger partial charge in [0, 0.05) is 5.56 Å². The minimum atomic E-state index is -0.245. The van der Waals surface area contributed by atoms with E-state index in [-0.39, 0.29) is 7.55 Å². The van der Waals surface area contributed by atoms with Crippen LogP contribution in [0.1, 0.15) is 25.3 Å². The van der Waals surface area contributed by atoms with E-state index in [1.54, 1.807) is 0 Å². The average Bonchev–Trinajstić information content (AvgIpc) is 2.65. The number of hydrogen-bond donors (Lipinski definition) is 1. The molecule has 2 heteroatoms. The second kappa shape index (κ2) is 3.85. The highest BCUT2D eigenvalue weighted by Crippen LogP contribution is 2.46. The predicted octanol–water partition coefficient (Wildman–Crippen LogP) is 2.88. The quantitative estimate of drug-likeness (QED) is 0.753. The van der Waals surface area contributed by atoms with Gasteiger partial charge in [0.1, 0.15) is 13.2 Å². The molecule has 0 fully saturated rings. The maximum atomic E-state index is 6.22. The van der Waals surface area contributed by atoms with E-state index in [0.29, 0.717) is 11.6 Å². The molecule has 1 aromatic carbocycles. The molecule has 2 atom stereocenters. The largest absolute Gasteiger partial charge is 0.395 e. The van der Waals surface area contributed by atoms with Gasteiger partial charge in [-0.3, -0.25) is 0 Å². The van der Waals surface area contributed by atoms with E-state index in [9.17, 15) is 0 Å². The van der Waals surface area contributed by atoms with Crippen molar-refractivity contribution in [3.63, 3.8) is 0 Å². The fraction of sp³-hybridized carbons (Fsp3) is 0.267. The molecule has 1 aromatic rings. The molecule has 0 amide bonds. The summed E-state index contributed by atoms with van der Waals surface area (Å²) in [5, 5.41) is 3.00. The molecule has 1 aliphatic carbocycles. The first-order valence-electron chi connectivity index (χ1n) is 6.09. The summed E-state index contributed by atoms with van der Waals surface area (Å²) in [5.74, 6) is 0.435. The summed E-state index contributed by atoms with van der Waals surface area (Å²) in [5.41, 5.74) is 9.33. The zero-order valence-corrected chi connectivity index (χ0v) is 11.1. The fourth-order valence-electron chi connectivity index (χ4n) is 2.82. The summed E-state index contributed by atoms with van der Waals surface area (Å²) in [6, 6.07) is 8.83. The Kier molecular flexibility index (Phi) is 2.45. The third-order valence-electron chi connectivity index (χ3n) is 3.48. The second-order valence-electron chi connectivity index (χ2n) is 4.89. The Labute approximate surface area is 103 Å². The molecule has 0 saturated carbocycles. The van der Waals surface area contributed by atoms with Crippen LogP contribution in [0.3, 0.4) is 0 Å². The summed E-state index contributed by atoms with van der Waals surface area (Å²) in [7, 11) is -0.245. The number of benzene rings is 1. The topological polar surface area (TPSA) is 26.0 Å². The molecule has 1 aliphatic heterocycles. The molecular weight excluding hydrogens is 225 g/mol. The van der Waals surface area contributed by atoms with Crippen LogP contribution in [-0.2, 0) is 0 Å². The van der Waals surface area contributed by atoms with Gasteiger partial charge >= 0.3 is 0 Å². The van der Waals surface area contributed by atoms with Crippen LogP contribution in [-0.4, -0.2) is 11.0 Å². The molecule has 0 aromatic heterocycles. The molecule has 3 rings (SSSR count). The Morgan fingerprint density at radius 1 is 1.24 bits per heavy atom. The first-order chi connectivity index (χ1) is 8.20. The maximum Gasteiger partial charge on any atom is 0.160 e. The summed E-state index contributed by atoms with van der Waals surface area (Å²) in [4.78, 5) is 0. The minimum absolute atomic E-state index is 0.245. The predicted molar refractivity (Wildman–Crippen MR) is 77.3 cm³/mol. The van der Waals surface area contributed by atoms with Gasteiger partial charge in [-0.1, -0.05) is 30.4 Å². The maximum absolute atomic E-state index is 6.22. The molecule has 0 spiro atoms. The Hall–Kier alpha value is -1.33. The Morgan fingerprint density at radius 3 is 2.76 bits per heavy atom. The first-order valence-corrected chi connectivity index (χ1v) is 7.50. The van der Waals surface area contributed by atoms with Crippen LogP contribution in [0.5, 0.6) is 0 Å². The monoisotopic (exact) mass is 242 g/mol. The van der Waals surface area contributed by atoms with Crippen LogP contribution < -0.4 is 11.0 Å². The molecule has 17 heavy (non-hydrogen) atoms. The van der Waals surface area contributed by atoms with Gasteiger partial charge in [0.25, 0.3) is 0 Å². The van der Waals surface area contributed by atoms with Crippen LogP contribution in [0.4, 0.5) is 0 Å². The van der Waals surface area contributed by atoms with Crippen LogP contribution in [0, 0.1) is 0 Å². The highest BCUT2D eigenvalue weighted by molar-refractivity contribution is 7.68. The summed E-state index contributed by atoms with van der Waals surface area (Å²) in [6.07, 6.45) is 6.43. The lowest BCUT2D eigenvalue weighted by atomic mass is 9.91. The van der Waals surface area contributed by atoms with E-state index in [0.717, 1.165) is 5.70 Å². The third-order valence-corrected chi connectivity index (χ3v) is 6.49. The molecule has 2 unspecified atom stereocenters. The van der Waals surface area contributed by atoms with Gasteiger partial charge < -0.3 is 5.73 Å². The molecule has 2 aliphatic rings. The number of hydrogen-bond acceptors (Lipinski definition) is 1. The lowest BCUT2D eigenvalue weighted by Crippen LogP contribution is -2.18. The van der Waals surface area contributed by atoms with Crippen molar-refractivity contribution in [2.45, 2.75) is 25.4 Å². The number of rotatable bonds is 1. The van der Waals surface area contributed by atoms with Crippen LogP contribution >= 0.6 is 7.55 Å². The van der Waals surface area contributed by atoms with E-state index in [2.05, 4.69) is 56.3 Å². The molecule has 0 bridgehead atoms. The Bertz CT molecular complexity index is 564. The molecule has 0 saturated heterocycles. The van der Waals surface area contributed by atoms with Crippen molar-refractivity contribution < 1.29 is 0 Å². The normalized spacial score (nSPS) is 23.7. The van der Waals surface area contributed by atoms with E-state index >= 15 is 0 Å².